The maximum absolute atomic E-state index is 11.6. The quantitative estimate of drug-likeness (QED) is 0.698. The van der Waals surface area contributed by atoms with Crippen LogP contribution in [0.1, 0.15) is 13.3 Å². The zero-order valence-electron chi connectivity index (χ0n) is 8.08. The van der Waals surface area contributed by atoms with Gasteiger partial charge >= 0.3 is 5.97 Å². The van der Waals surface area contributed by atoms with Gasteiger partial charge in [0.1, 0.15) is 0 Å². The summed E-state index contributed by atoms with van der Waals surface area (Å²) in [5.41, 5.74) is 0. The van der Waals surface area contributed by atoms with E-state index < -0.39 is 41.9 Å². The number of carbonyl (C=O) groups is 1. The fourth-order valence-electron chi connectivity index (χ4n) is 1.45. The van der Waals surface area contributed by atoms with Gasteiger partial charge in [-0.15, -0.1) is 0 Å². The highest BCUT2D eigenvalue weighted by atomic mass is 32.2. The molecule has 15 heavy (non-hydrogen) atoms. The molecule has 2 atom stereocenters. The number of aliphatic carboxylic acids is 1. The van der Waals surface area contributed by atoms with Crippen LogP contribution in [0.15, 0.2) is 0 Å². The number of rotatable bonds is 3. The second-order valence-electron chi connectivity index (χ2n) is 3.59. The molecule has 88 valence electrons. The summed E-state index contributed by atoms with van der Waals surface area (Å²) in [6, 6.07) is 0. The number of hydrogen-bond donors (Lipinski definition) is 1. The van der Waals surface area contributed by atoms with Gasteiger partial charge in [-0.1, -0.05) is 0 Å². The van der Waals surface area contributed by atoms with Crippen molar-refractivity contribution in [1.82, 2.24) is 0 Å². The lowest BCUT2D eigenvalue weighted by Crippen LogP contribution is -2.36. The summed E-state index contributed by atoms with van der Waals surface area (Å²) < 4.78 is 45.4. The third kappa shape index (κ3) is 2.49. The molecule has 0 saturated carbocycles. The van der Waals surface area contributed by atoms with Gasteiger partial charge in [-0.05, 0) is 13.3 Å². The van der Waals surface area contributed by atoms with E-state index in [2.05, 4.69) is 0 Å². The van der Waals surface area contributed by atoms with E-state index in [4.69, 9.17) is 5.11 Å². The Hall–Kier alpha value is -0.630. The minimum atomic E-state index is -3.89. The van der Waals surface area contributed by atoms with Crippen LogP contribution in [0.3, 0.4) is 0 Å². The van der Waals surface area contributed by atoms with Gasteiger partial charge in [0, 0.05) is 0 Å². The summed E-state index contributed by atoms with van der Waals surface area (Å²) >= 11 is 0. The fourth-order valence-corrected chi connectivity index (χ4v) is 5.83. The van der Waals surface area contributed by atoms with Gasteiger partial charge in [0.2, 0.25) is 0 Å². The van der Waals surface area contributed by atoms with E-state index in [1.165, 1.54) is 0 Å². The van der Waals surface area contributed by atoms with Crippen LogP contribution in [0.5, 0.6) is 0 Å². The van der Waals surface area contributed by atoms with Gasteiger partial charge in [-0.3, -0.25) is 4.79 Å². The minimum Gasteiger partial charge on any atom is -0.480 e. The van der Waals surface area contributed by atoms with Crippen molar-refractivity contribution >= 4 is 25.6 Å². The maximum Gasteiger partial charge on any atom is 0.321 e. The van der Waals surface area contributed by atoms with Gasteiger partial charge in [0.05, 0.1) is 16.8 Å². The average Bonchev–Trinajstić information content (AvgIpc) is 2.45. The fraction of sp³-hybridized carbons (Fsp3) is 0.857. The van der Waals surface area contributed by atoms with Crippen molar-refractivity contribution in [3.8, 4) is 0 Å². The molecule has 1 N–H and O–H groups in total. The zero-order valence-corrected chi connectivity index (χ0v) is 9.71. The second kappa shape index (κ2) is 3.75. The number of sulfone groups is 2. The molecule has 1 aliphatic rings. The minimum absolute atomic E-state index is 0.00227. The number of carboxylic acid groups (broad SMARTS) is 1. The second-order valence-corrected chi connectivity index (χ2v) is 8.38. The summed E-state index contributed by atoms with van der Waals surface area (Å²) in [6.07, 6.45) is 0.00227. The molecule has 0 bridgehead atoms. The number of carboxylic acids is 1. The first-order chi connectivity index (χ1) is 6.67. The van der Waals surface area contributed by atoms with E-state index in [1.54, 1.807) is 0 Å². The van der Waals surface area contributed by atoms with E-state index in [9.17, 15) is 21.6 Å². The Labute approximate surface area is 88.1 Å². The molecule has 0 aromatic rings. The van der Waals surface area contributed by atoms with Crippen molar-refractivity contribution in [2.75, 3.05) is 11.5 Å². The van der Waals surface area contributed by atoms with Crippen LogP contribution in [0.25, 0.3) is 0 Å². The zero-order chi connectivity index (χ0) is 11.9. The molecule has 0 amide bonds. The first-order valence-corrected chi connectivity index (χ1v) is 7.76. The van der Waals surface area contributed by atoms with E-state index in [0.717, 1.165) is 6.92 Å². The van der Waals surface area contributed by atoms with Crippen molar-refractivity contribution in [2.45, 2.75) is 23.8 Å². The van der Waals surface area contributed by atoms with Crippen LogP contribution in [0.2, 0.25) is 0 Å². The molecule has 0 radical (unpaired) electrons. The number of hydrogen-bond acceptors (Lipinski definition) is 5. The van der Waals surface area contributed by atoms with Crippen LogP contribution in [0, 0.1) is 0 Å². The lowest BCUT2D eigenvalue weighted by Gasteiger charge is -2.13. The molecule has 1 saturated heterocycles. The van der Waals surface area contributed by atoms with Crippen LogP contribution < -0.4 is 0 Å². The molecular weight excluding hydrogens is 244 g/mol. The lowest BCUT2D eigenvalue weighted by atomic mass is 10.4. The van der Waals surface area contributed by atoms with Gasteiger partial charge in [0.15, 0.2) is 24.9 Å². The predicted molar refractivity (Wildman–Crippen MR) is 53.1 cm³/mol. The molecule has 2 unspecified atom stereocenters. The predicted octanol–water partition coefficient (Wildman–Crippen LogP) is -0.939. The van der Waals surface area contributed by atoms with E-state index in [0.29, 0.717) is 0 Å². The Balaban J connectivity index is 2.95. The maximum atomic E-state index is 11.6. The van der Waals surface area contributed by atoms with Crippen LogP contribution in [0.4, 0.5) is 0 Å². The van der Waals surface area contributed by atoms with Crippen molar-refractivity contribution in [1.29, 1.82) is 0 Å². The molecule has 0 aromatic heterocycles. The molecule has 1 aliphatic heterocycles. The third-order valence-electron chi connectivity index (χ3n) is 2.50. The first kappa shape index (κ1) is 12.4. The van der Waals surface area contributed by atoms with Crippen LogP contribution >= 0.6 is 0 Å². The summed E-state index contributed by atoms with van der Waals surface area (Å²) in [7, 11) is -7.20. The Morgan fingerprint density at radius 1 is 1.47 bits per heavy atom. The van der Waals surface area contributed by atoms with Crippen LogP contribution in [-0.2, 0) is 24.5 Å². The SMILES string of the molecule is CC(C(=O)O)S(=O)(=O)C1CCS(=O)(=O)C1. The average molecular weight is 256 g/mol. The Bertz CT molecular complexity index is 460. The summed E-state index contributed by atoms with van der Waals surface area (Å²) in [5.74, 6) is -2.07. The third-order valence-corrected chi connectivity index (χ3v) is 6.99. The first-order valence-electron chi connectivity index (χ1n) is 4.33. The molecule has 0 aliphatic carbocycles. The Morgan fingerprint density at radius 2 is 2.00 bits per heavy atom. The summed E-state index contributed by atoms with van der Waals surface area (Å²) in [5, 5.41) is 5.97. The van der Waals surface area contributed by atoms with Crippen molar-refractivity contribution in [3.05, 3.63) is 0 Å². The van der Waals surface area contributed by atoms with Gasteiger partial charge in [-0.25, -0.2) is 16.8 Å². The Kier molecular flexibility index (Phi) is 3.11. The van der Waals surface area contributed by atoms with Crippen molar-refractivity contribution in [2.24, 2.45) is 0 Å². The Morgan fingerprint density at radius 3 is 2.33 bits per heavy atom. The molecule has 0 aromatic carbocycles. The summed E-state index contributed by atoms with van der Waals surface area (Å²) in [4.78, 5) is 10.5. The van der Waals surface area contributed by atoms with E-state index >= 15 is 0 Å². The topological polar surface area (TPSA) is 106 Å². The molecule has 8 heteroatoms. The normalized spacial score (nSPS) is 27.4. The van der Waals surface area contributed by atoms with Crippen LogP contribution in [-0.4, -0.2) is 49.9 Å². The highest BCUT2D eigenvalue weighted by molar-refractivity contribution is 7.97. The highest BCUT2D eigenvalue weighted by Gasteiger charge is 2.42. The molecule has 1 rings (SSSR count). The van der Waals surface area contributed by atoms with Gasteiger partial charge in [-0.2, -0.15) is 0 Å². The van der Waals surface area contributed by atoms with Gasteiger partial charge in [0.25, 0.3) is 0 Å². The monoisotopic (exact) mass is 256 g/mol. The molecule has 6 nitrogen and oxygen atoms in total. The molecule has 1 heterocycles. The van der Waals surface area contributed by atoms with Crippen molar-refractivity contribution < 1.29 is 26.7 Å². The highest BCUT2D eigenvalue weighted by Crippen LogP contribution is 2.22. The van der Waals surface area contributed by atoms with Crippen molar-refractivity contribution in [3.63, 3.8) is 0 Å². The van der Waals surface area contributed by atoms with Gasteiger partial charge < -0.3 is 5.11 Å². The summed E-state index contributed by atoms with van der Waals surface area (Å²) in [6.45, 7) is 1.06. The standard InChI is InChI=1S/C7H12O6S2/c1-5(7(8)9)15(12,13)6-2-3-14(10,11)4-6/h5-6H,2-4H2,1H3,(H,8,9). The van der Waals surface area contributed by atoms with E-state index in [1.807, 2.05) is 0 Å². The van der Waals surface area contributed by atoms with E-state index in [-0.39, 0.29) is 12.2 Å². The largest absolute Gasteiger partial charge is 0.480 e. The molecule has 1 fully saturated rings. The molecular formula is C7H12O6S2. The smallest absolute Gasteiger partial charge is 0.321 e. The lowest BCUT2D eigenvalue weighted by molar-refractivity contribution is -0.136. The molecule has 0 spiro atoms.